The van der Waals surface area contributed by atoms with Crippen LogP contribution in [-0.2, 0) is 9.59 Å². The van der Waals surface area contributed by atoms with Crippen LogP contribution in [0.15, 0.2) is 60.7 Å². The number of hydrogen-bond donors (Lipinski definition) is 2. The summed E-state index contributed by atoms with van der Waals surface area (Å²) in [5.41, 5.74) is 1.00. The summed E-state index contributed by atoms with van der Waals surface area (Å²) in [4.78, 5) is 39.4. The van der Waals surface area contributed by atoms with Gasteiger partial charge in [0.05, 0.1) is 19.0 Å². The fourth-order valence-corrected chi connectivity index (χ4v) is 3.08. The molecule has 30 heavy (non-hydrogen) atoms. The van der Waals surface area contributed by atoms with Gasteiger partial charge in [-0.25, -0.2) is 0 Å². The molecule has 0 heterocycles. The van der Waals surface area contributed by atoms with E-state index in [0.717, 1.165) is 5.56 Å². The van der Waals surface area contributed by atoms with Gasteiger partial charge in [0, 0.05) is 17.6 Å². The van der Waals surface area contributed by atoms with E-state index in [1.807, 2.05) is 64.1 Å². The van der Waals surface area contributed by atoms with Crippen LogP contribution in [0.5, 0.6) is 0 Å². The summed E-state index contributed by atoms with van der Waals surface area (Å²) in [5.74, 6) is -0.642. The minimum atomic E-state index is -0.494. The van der Waals surface area contributed by atoms with E-state index in [1.54, 1.807) is 24.3 Å². The third-order valence-corrected chi connectivity index (χ3v) is 4.51. The molecule has 2 rings (SSSR count). The lowest BCUT2D eigenvalue weighted by Gasteiger charge is -2.27. The largest absolute Gasteiger partial charge is 0.350 e. The molecular formula is C24H31N3O3. The van der Waals surface area contributed by atoms with Gasteiger partial charge in [0.2, 0.25) is 11.8 Å². The van der Waals surface area contributed by atoms with Crippen LogP contribution < -0.4 is 10.6 Å². The highest BCUT2D eigenvalue weighted by Gasteiger charge is 2.24. The highest BCUT2D eigenvalue weighted by atomic mass is 16.2. The van der Waals surface area contributed by atoms with Crippen LogP contribution in [0.3, 0.4) is 0 Å². The fraction of sp³-hybridized carbons (Fsp3) is 0.375. The highest BCUT2D eigenvalue weighted by molar-refractivity contribution is 5.95. The molecule has 2 aromatic carbocycles. The van der Waals surface area contributed by atoms with Gasteiger partial charge in [0.1, 0.15) is 0 Å². The lowest BCUT2D eigenvalue weighted by Crippen LogP contribution is -2.47. The van der Waals surface area contributed by atoms with Crippen molar-refractivity contribution in [2.75, 3.05) is 13.1 Å². The first-order valence-corrected chi connectivity index (χ1v) is 10.2. The predicted octanol–water partition coefficient (Wildman–Crippen LogP) is 3.31. The maximum atomic E-state index is 13.0. The molecule has 160 valence electrons. The molecular weight excluding hydrogens is 378 g/mol. The number of likely N-dealkylation sites (N-methyl/N-ethyl adjacent to an activating group) is 1. The summed E-state index contributed by atoms with van der Waals surface area (Å²) in [6.45, 7) is 7.92. The number of nitrogens with one attached hydrogen (secondary N) is 2. The van der Waals surface area contributed by atoms with Gasteiger partial charge in [-0.1, -0.05) is 48.5 Å². The van der Waals surface area contributed by atoms with E-state index in [1.165, 1.54) is 4.90 Å². The standard InChI is InChI=1S/C24H31N3O3/c1-5-27(17-21(28)26-24(2,3)4)22(29)16-20(18-12-8-6-9-13-18)25-23(30)19-14-10-7-11-15-19/h6-15,20H,5,16-17H2,1-4H3,(H,25,30)(H,26,28). The molecule has 0 fully saturated rings. The average molecular weight is 410 g/mol. The maximum absolute atomic E-state index is 13.0. The van der Waals surface area contributed by atoms with Crippen molar-refractivity contribution < 1.29 is 14.4 Å². The van der Waals surface area contributed by atoms with E-state index < -0.39 is 6.04 Å². The summed E-state index contributed by atoms with van der Waals surface area (Å²) < 4.78 is 0. The Morgan fingerprint density at radius 3 is 2.03 bits per heavy atom. The average Bonchev–Trinajstić information content (AvgIpc) is 2.71. The minimum Gasteiger partial charge on any atom is -0.350 e. The van der Waals surface area contributed by atoms with Gasteiger partial charge in [0.25, 0.3) is 5.91 Å². The van der Waals surface area contributed by atoms with Gasteiger partial charge in [-0.15, -0.1) is 0 Å². The van der Waals surface area contributed by atoms with Crippen LogP contribution in [0.4, 0.5) is 0 Å². The van der Waals surface area contributed by atoms with Gasteiger partial charge in [-0.05, 0) is 45.4 Å². The van der Waals surface area contributed by atoms with E-state index in [0.29, 0.717) is 12.1 Å². The van der Waals surface area contributed by atoms with Crippen molar-refractivity contribution in [1.82, 2.24) is 15.5 Å². The Hall–Kier alpha value is -3.15. The lowest BCUT2D eigenvalue weighted by atomic mass is 10.0. The molecule has 0 aliphatic rings. The summed E-state index contributed by atoms with van der Waals surface area (Å²) in [7, 11) is 0. The first kappa shape index (κ1) is 23.1. The molecule has 0 saturated heterocycles. The normalized spacial score (nSPS) is 12.0. The third kappa shape index (κ3) is 7.35. The summed E-state index contributed by atoms with van der Waals surface area (Å²) in [5, 5.41) is 5.84. The molecule has 0 spiro atoms. The number of benzene rings is 2. The molecule has 2 N–H and O–H groups in total. The van der Waals surface area contributed by atoms with Crippen LogP contribution in [0.2, 0.25) is 0 Å². The summed E-state index contributed by atoms with van der Waals surface area (Å²) in [6.07, 6.45) is 0.0687. The van der Waals surface area contributed by atoms with Crippen molar-refractivity contribution in [1.29, 1.82) is 0 Å². The van der Waals surface area contributed by atoms with Crippen LogP contribution >= 0.6 is 0 Å². The van der Waals surface area contributed by atoms with Gasteiger partial charge < -0.3 is 15.5 Å². The third-order valence-electron chi connectivity index (χ3n) is 4.51. The Morgan fingerprint density at radius 1 is 0.933 bits per heavy atom. The van der Waals surface area contributed by atoms with Crippen LogP contribution in [0, 0.1) is 0 Å². The maximum Gasteiger partial charge on any atom is 0.251 e. The summed E-state index contributed by atoms with van der Waals surface area (Å²) >= 11 is 0. The molecule has 0 bridgehead atoms. The van der Waals surface area contributed by atoms with Crippen molar-refractivity contribution in [3.8, 4) is 0 Å². The van der Waals surface area contributed by atoms with Gasteiger partial charge >= 0.3 is 0 Å². The Morgan fingerprint density at radius 2 is 1.50 bits per heavy atom. The zero-order valence-electron chi connectivity index (χ0n) is 18.1. The number of amides is 3. The molecule has 1 unspecified atom stereocenters. The van der Waals surface area contributed by atoms with Gasteiger partial charge in [0.15, 0.2) is 0 Å². The van der Waals surface area contributed by atoms with Crippen molar-refractivity contribution >= 4 is 17.7 Å². The molecule has 1 atom stereocenters. The number of carbonyl (C=O) groups excluding carboxylic acids is 3. The number of rotatable bonds is 8. The molecule has 0 aromatic heterocycles. The topological polar surface area (TPSA) is 78.5 Å². The number of nitrogens with zero attached hydrogens (tertiary/aromatic N) is 1. The zero-order valence-corrected chi connectivity index (χ0v) is 18.1. The first-order chi connectivity index (χ1) is 14.2. The SMILES string of the molecule is CCN(CC(=O)NC(C)(C)C)C(=O)CC(NC(=O)c1ccccc1)c1ccccc1. The quantitative estimate of drug-likeness (QED) is 0.702. The monoisotopic (exact) mass is 409 g/mol. The molecule has 0 saturated carbocycles. The van der Waals surface area contributed by atoms with Crippen LogP contribution in [0.25, 0.3) is 0 Å². The van der Waals surface area contributed by atoms with E-state index in [4.69, 9.17) is 0 Å². The smallest absolute Gasteiger partial charge is 0.251 e. The Labute approximate surface area is 178 Å². The fourth-order valence-electron chi connectivity index (χ4n) is 3.08. The second kappa shape index (κ2) is 10.6. The van der Waals surface area contributed by atoms with E-state index in [9.17, 15) is 14.4 Å². The Kier molecular flexibility index (Phi) is 8.16. The summed E-state index contributed by atoms with van der Waals surface area (Å²) in [6, 6.07) is 17.8. The van der Waals surface area contributed by atoms with Crippen molar-refractivity contribution in [2.24, 2.45) is 0 Å². The van der Waals surface area contributed by atoms with Gasteiger partial charge in [-0.3, -0.25) is 14.4 Å². The number of carbonyl (C=O) groups is 3. The van der Waals surface area contributed by atoms with Crippen molar-refractivity contribution in [3.05, 3.63) is 71.8 Å². The Balaban J connectivity index is 2.13. The van der Waals surface area contributed by atoms with Crippen molar-refractivity contribution in [2.45, 2.75) is 45.7 Å². The molecule has 6 nitrogen and oxygen atoms in total. The molecule has 0 aliphatic carbocycles. The first-order valence-electron chi connectivity index (χ1n) is 10.2. The predicted molar refractivity (Wildman–Crippen MR) is 118 cm³/mol. The van der Waals surface area contributed by atoms with E-state index in [-0.39, 0.29) is 36.2 Å². The molecule has 2 aromatic rings. The molecule has 3 amide bonds. The molecule has 0 radical (unpaired) electrons. The second-order valence-electron chi connectivity index (χ2n) is 8.21. The molecule has 6 heteroatoms. The minimum absolute atomic E-state index is 0.0132. The van der Waals surface area contributed by atoms with Crippen LogP contribution in [0.1, 0.15) is 56.1 Å². The molecule has 0 aliphatic heterocycles. The lowest BCUT2D eigenvalue weighted by molar-refractivity contribution is -0.136. The Bertz CT molecular complexity index is 845. The van der Waals surface area contributed by atoms with E-state index >= 15 is 0 Å². The van der Waals surface area contributed by atoms with Gasteiger partial charge in [-0.2, -0.15) is 0 Å². The number of hydrogen-bond acceptors (Lipinski definition) is 3. The van der Waals surface area contributed by atoms with E-state index in [2.05, 4.69) is 10.6 Å². The van der Waals surface area contributed by atoms with Crippen LogP contribution in [-0.4, -0.2) is 41.2 Å². The second-order valence-corrected chi connectivity index (χ2v) is 8.21. The highest BCUT2D eigenvalue weighted by Crippen LogP contribution is 2.19. The zero-order chi connectivity index (χ0) is 22.1. The van der Waals surface area contributed by atoms with Crippen molar-refractivity contribution in [3.63, 3.8) is 0 Å².